The fourth-order valence-electron chi connectivity index (χ4n) is 1.22. The Morgan fingerprint density at radius 2 is 2.43 bits per heavy atom. The largest absolute Gasteiger partial charge is 0.406 e. The van der Waals surface area contributed by atoms with Crippen molar-refractivity contribution in [1.82, 2.24) is 5.48 Å². The molecule has 14 heavy (non-hydrogen) atoms. The molecule has 1 atom stereocenters. The van der Waals surface area contributed by atoms with Gasteiger partial charge in [-0.2, -0.15) is 10.5 Å². The van der Waals surface area contributed by atoms with Crippen molar-refractivity contribution >= 4 is 12.0 Å². The molecule has 1 unspecified atom stereocenters. The Bertz CT molecular complexity index is 356. The lowest BCUT2D eigenvalue weighted by atomic mass is 10.0. The number of hydrogen-bond acceptors (Lipinski definition) is 6. The van der Waals surface area contributed by atoms with Gasteiger partial charge in [0.05, 0.1) is 11.8 Å². The van der Waals surface area contributed by atoms with Crippen LogP contribution in [0.3, 0.4) is 0 Å². The van der Waals surface area contributed by atoms with Crippen molar-refractivity contribution in [2.75, 3.05) is 0 Å². The van der Waals surface area contributed by atoms with Crippen LogP contribution in [0, 0.1) is 0 Å². The predicted octanol–water partition coefficient (Wildman–Crippen LogP) is -1.38. The standard InChI is InChI=1S/C8H8N2O4/c11-4-5-1-2-6-7(3-5)9-8(12,13)14-10-6/h1-4,6,10,12-13H. The number of aldehydes is 1. The molecule has 0 saturated carbocycles. The molecule has 0 spiro atoms. The average molecular weight is 196 g/mol. The highest BCUT2D eigenvalue weighted by molar-refractivity contribution is 6.06. The zero-order valence-corrected chi connectivity index (χ0v) is 7.04. The monoisotopic (exact) mass is 196 g/mol. The van der Waals surface area contributed by atoms with Gasteiger partial charge in [-0.25, -0.2) is 4.84 Å². The molecule has 0 saturated heterocycles. The Balaban J connectivity index is 2.35. The highest BCUT2D eigenvalue weighted by atomic mass is 16.9. The minimum absolute atomic E-state index is 0.339. The van der Waals surface area contributed by atoms with Crippen LogP contribution in [0.25, 0.3) is 0 Å². The first-order chi connectivity index (χ1) is 6.61. The van der Waals surface area contributed by atoms with Crippen LogP contribution in [0.5, 0.6) is 0 Å². The third-order valence-electron chi connectivity index (χ3n) is 1.85. The summed E-state index contributed by atoms with van der Waals surface area (Å²) >= 11 is 0. The molecule has 3 N–H and O–H groups in total. The van der Waals surface area contributed by atoms with Gasteiger partial charge in [0.25, 0.3) is 0 Å². The molecule has 1 heterocycles. The molecule has 0 aromatic rings. The van der Waals surface area contributed by atoms with E-state index < -0.39 is 6.10 Å². The third kappa shape index (κ3) is 1.64. The van der Waals surface area contributed by atoms with Gasteiger partial charge < -0.3 is 10.2 Å². The van der Waals surface area contributed by atoms with Crippen molar-refractivity contribution in [1.29, 1.82) is 0 Å². The Morgan fingerprint density at radius 3 is 3.14 bits per heavy atom. The third-order valence-corrected chi connectivity index (χ3v) is 1.85. The van der Waals surface area contributed by atoms with Crippen LogP contribution in [0.4, 0.5) is 0 Å². The summed E-state index contributed by atoms with van der Waals surface area (Å²) in [5, 5.41) is 18.0. The molecule has 0 amide bonds. The molecular formula is C8H8N2O4. The van der Waals surface area contributed by atoms with Crippen molar-refractivity contribution in [2.45, 2.75) is 12.1 Å². The smallest absolute Gasteiger partial charge is 0.323 e. The van der Waals surface area contributed by atoms with Gasteiger partial charge in [0.2, 0.25) is 0 Å². The van der Waals surface area contributed by atoms with E-state index in [9.17, 15) is 4.79 Å². The van der Waals surface area contributed by atoms with E-state index in [4.69, 9.17) is 10.2 Å². The highest BCUT2D eigenvalue weighted by Gasteiger charge is 2.33. The first kappa shape index (κ1) is 9.22. The maximum absolute atomic E-state index is 10.4. The number of aliphatic hydroxyl groups is 2. The lowest BCUT2D eigenvalue weighted by Gasteiger charge is -2.28. The zero-order chi connectivity index (χ0) is 10.2. The number of nitrogens with zero attached hydrogens (tertiary/aromatic N) is 1. The van der Waals surface area contributed by atoms with Gasteiger partial charge in [0.15, 0.2) is 0 Å². The van der Waals surface area contributed by atoms with Crippen LogP contribution < -0.4 is 5.48 Å². The Hall–Kier alpha value is -1.34. The molecule has 6 nitrogen and oxygen atoms in total. The summed E-state index contributed by atoms with van der Waals surface area (Å²) in [6.45, 7) is 0. The van der Waals surface area contributed by atoms with E-state index in [2.05, 4.69) is 15.3 Å². The fraction of sp³-hybridized carbons (Fsp3) is 0.250. The van der Waals surface area contributed by atoms with E-state index >= 15 is 0 Å². The van der Waals surface area contributed by atoms with Gasteiger partial charge in [-0.05, 0) is 6.08 Å². The first-order valence-corrected chi connectivity index (χ1v) is 3.94. The number of hydrogen-bond donors (Lipinski definition) is 3. The lowest BCUT2D eigenvalue weighted by molar-refractivity contribution is -0.361. The van der Waals surface area contributed by atoms with Crippen molar-refractivity contribution in [3.63, 3.8) is 0 Å². The first-order valence-electron chi connectivity index (χ1n) is 3.94. The van der Waals surface area contributed by atoms with Crippen molar-refractivity contribution in [3.8, 4) is 0 Å². The molecule has 0 fully saturated rings. The van der Waals surface area contributed by atoms with Crippen molar-refractivity contribution in [3.05, 3.63) is 23.8 Å². The molecule has 74 valence electrons. The Kier molecular flexibility index (Phi) is 2.05. The van der Waals surface area contributed by atoms with E-state index in [1.807, 2.05) is 0 Å². The van der Waals surface area contributed by atoms with Crippen molar-refractivity contribution in [2.24, 2.45) is 4.99 Å². The second-order valence-corrected chi connectivity index (χ2v) is 2.93. The van der Waals surface area contributed by atoms with E-state index in [0.717, 1.165) is 0 Å². The minimum atomic E-state index is -2.57. The van der Waals surface area contributed by atoms with Gasteiger partial charge in [-0.15, -0.1) is 0 Å². The number of fused-ring (bicyclic) bond motifs is 1. The maximum atomic E-state index is 10.4. The number of rotatable bonds is 1. The minimum Gasteiger partial charge on any atom is -0.323 e. The molecular weight excluding hydrogens is 188 g/mol. The van der Waals surface area contributed by atoms with Gasteiger partial charge in [-0.3, -0.25) is 4.79 Å². The quantitative estimate of drug-likeness (QED) is 0.355. The number of allylic oxidation sites excluding steroid dienone is 2. The second kappa shape index (κ2) is 3.10. The van der Waals surface area contributed by atoms with Crippen LogP contribution in [0.1, 0.15) is 0 Å². The number of aliphatic imine (C=N–C) groups is 1. The Labute approximate surface area is 79.2 Å². The molecule has 1 aliphatic carbocycles. The molecule has 6 heteroatoms. The lowest BCUT2D eigenvalue weighted by Crippen LogP contribution is -2.49. The molecule has 0 bridgehead atoms. The summed E-state index contributed by atoms with van der Waals surface area (Å²) in [4.78, 5) is 18.3. The van der Waals surface area contributed by atoms with E-state index in [-0.39, 0.29) is 6.04 Å². The normalized spacial score (nSPS) is 28.9. The summed E-state index contributed by atoms with van der Waals surface area (Å²) < 4.78 is 0. The number of nitrogens with one attached hydrogen (secondary N) is 1. The summed E-state index contributed by atoms with van der Waals surface area (Å²) in [5.41, 5.74) is 3.13. The average Bonchev–Trinajstić information content (AvgIpc) is 2.15. The van der Waals surface area contributed by atoms with Gasteiger partial charge in [-0.1, -0.05) is 12.2 Å². The van der Waals surface area contributed by atoms with E-state index in [1.165, 1.54) is 6.08 Å². The maximum Gasteiger partial charge on any atom is 0.406 e. The number of carbonyl (C=O) groups excluding carboxylic acids is 1. The van der Waals surface area contributed by atoms with Crippen molar-refractivity contribution < 1.29 is 19.8 Å². The van der Waals surface area contributed by atoms with Crippen LogP contribution in [0.2, 0.25) is 0 Å². The van der Waals surface area contributed by atoms with E-state index in [0.29, 0.717) is 17.6 Å². The van der Waals surface area contributed by atoms with E-state index in [1.54, 1.807) is 12.2 Å². The van der Waals surface area contributed by atoms with Crippen LogP contribution in [-0.4, -0.2) is 34.3 Å². The predicted molar refractivity (Wildman–Crippen MR) is 45.9 cm³/mol. The van der Waals surface area contributed by atoms with Gasteiger partial charge in [0.1, 0.15) is 6.29 Å². The Morgan fingerprint density at radius 1 is 1.64 bits per heavy atom. The molecule has 2 aliphatic rings. The van der Waals surface area contributed by atoms with Gasteiger partial charge in [0, 0.05) is 5.57 Å². The molecule has 0 radical (unpaired) electrons. The molecule has 0 aromatic heterocycles. The number of hydroxylamine groups is 1. The summed E-state index contributed by atoms with van der Waals surface area (Å²) in [5.74, 6) is 0. The van der Waals surface area contributed by atoms with Crippen LogP contribution in [0.15, 0.2) is 28.8 Å². The van der Waals surface area contributed by atoms with Crippen LogP contribution in [-0.2, 0) is 9.63 Å². The fourth-order valence-corrected chi connectivity index (χ4v) is 1.22. The summed E-state index contributed by atoms with van der Waals surface area (Å²) in [7, 11) is 0. The molecule has 1 aliphatic heterocycles. The summed E-state index contributed by atoms with van der Waals surface area (Å²) in [6, 6.07) is -0.355. The van der Waals surface area contributed by atoms with Crippen LogP contribution >= 0.6 is 0 Å². The topological polar surface area (TPSA) is 91.2 Å². The summed E-state index contributed by atoms with van der Waals surface area (Å²) in [6.07, 6.45) is 2.77. The second-order valence-electron chi connectivity index (χ2n) is 2.93. The SMILES string of the molecule is O=CC1=CC2=NC(O)(O)ONC2C=C1. The number of carbonyl (C=O) groups is 1. The van der Waals surface area contributed by atoms with Gasteiger partial charge >= 0.3 is 6.10 Å². The molecule has 2 rings (SSSR count). The molecule has 0 aromatic carbocycles. The zero-order valence-electron chi connectivity index (χ0n) is 7.04. The highest BCUT2D eigenvalue weighted by Crippen LogP contribution is 2.16.